The minimum Gasteiger partial charge on any atom is -0.311 e. The van der Waals surface area contributed by atoms with Crippen LogP contribution in [0.5, 0.6) is 0 Å². The molecule has 0 bridgehead atoms. The van der Waals surface area contributed by atoms with E-state index in [0.717, 1.165) is 0 Å². The van der Waals surface area contributed by atoms with Gasteiger partial charge >= 0.3 is 0 Å². The fraction of sp³-hybridized carbons (Fsp3) is 0. The van der Waals surface area contributed by atoms with E-state index in [4.69, 9.17) is 0 Å². The van der Waals surface area contributed by atoms with Crippen molar-refractivity contribution in [2.45, 2.75) is 0 Å². The van der Waals surface area contributed by atoms with Crippen LogP contribution in [-0.2, 0) is 0 Å². The number of anilines is 12. The van der Waals surface area contributed by atoms with Crippen LogP contribution in [0.1, 0.15) is 0 Å². The van der Waals surface area contributed by atoms with Crippen molar-refractivity contribution in [3.63, 3.8) is 0 Å². The first-order valence-electron chi connectivity index (χ1n) is 25.1. The van der Waals surface area contributed by atoms with Gasteiger partial charge in [0.1, 0.15) is 0 Å². The Morgan fingerprint density at radius 1 is 0.260 bits per heavy atom. The number of benzene rings is 9. The molecule has 10 heterocycles. The second-order valence-corrected chi connectivity index (χ2v) is 24.5. The van der Waals surface area contributed by atoms with Gasteiger partial charge in [0.25, 0.3) is 20.1 Å². The molecule has 0 spiro atoms. The summed E-state index contributed by atoms with van der Waals surface area (Å²) in [6, 6.07) is 76.0. The summed E-state index contributed by atoms with van der Waals surface area (Å²) >= 11 is 8.01. The molecule has 6 aliphatic heterocycles. The lowest BCUT2D eigenvalue weighted by Crippen LogP contribution is -2.71. The van der Waals surface area contributed by atoms with Crippen LogP contribution in [0.2, 0.25) is 0 Å². The summed E-state index contributed by atoms with van der Waals surface area (Å²) in [6.45, 7) is 0.0420. The normalized spacial score (nSPS) is 14.7. The second-order valence-electron chi connectivity index (χ2n) is 20.1. The Bertz CT molecular complexity index is 4360. The summed E-state index contributed by atoms with van der Waals surface area (Å²) in [4.78, 5) is 10.7. The van der Waals surface area contributed by atoms with Crippen molar-refractivity contribution in [2.24, 2.45) is 0 Å². The summed E-state index contributed by atoms with van der Waals surface area (Å²) in [5.74, 6) is 0. The van der Waals surface area contributed by atoms with Crippen LogP contribution in [-0.4, -0.2) is 20.1 Å². The standard InChI is InChI=1S/C62H33B3N4S4/c1-3-17-34(18-4-1)66-42-25-15-27-44-50(42)63(59-53(66)36-21-7-11-29-46(36)70-59)40-33-41-58-52-57(40)68(44)55-38-23-9-13-31-48(38)72-61(55)65(52)62-56(39-24-10-14-32-49(39)73-62)69(58)45-28-16-26-43-51(45)64(41)60-54(37-22-8-12-30-47(37)71-60)67(43)35-19-5-2-6-20-35/h1-33H. The van der Waals surface area contributed by atoms with Crippen LogP contribution in [0.3, 0.4) is 0 Å². The van der Waals surface area contributed by atoms with Crippen molar-refractivity contribution < 1.29 is 0 Å². The number of fused-ring (bicyclic) bond motifs is 22. The molecule has 0 atom stereocenters. The van der Waals surface area contributed by atoms with Crippen molar-refractivity contribution in [1.29, 1.82) is 0 Å². The highest BCUT2D eigenvalue weighted by atomic mass is 32.1. The van der Waals surface area contributed by atoms with Gasteiger partial charge in [0.2, 0.25) is 0 Å². The van der Waals surface area contributed by atoms with Gasteiger partial charge in [0, 0.05) is 105 Å². The Kier molecular flexibility index (Phi) is 7.25. The molecule has 0 aliphatic carbocycles. The minimum absolute atomic E-state index is 0.00126. The number of hydrogen-bond acceptors (Lipinski definition) is 8. The van der Waals surface area contributed by atoms with E-state index in [2.05, 4.69) is 220 Å². The van der Waals surface area contributed by atoms with Crippen molar-refractivity contribution in [1.82, 2.24) is 0 Å². The average Bonchev–Trinajstić information content (AvgIpc) is 4.32. The smallest absolute Gasteiger partial charge is 0.277 e. The molecule has 6 aliphatic rings. The molecule has 334 valence electrons. The van der Waals surface area contributed by atoms with Gasteiger partial charge in [-0.15, -0.1) is 45.3 Å². The highest BCUT2D eigenvalue weighted by Gasteiger charge is 2.57. The molecular weight excluding hydrogens is 961 g/mol. The zero-order valence-corrected chi connectivity index (χ0v) is 42.0. The van der Waals surface area contributed by atoms with Gasteiger partial charge in [-0.3, -0.25) is 0 Å². The maximum Gasteiger partial charge on any atom is 0.277 e. The Labute approximate surface area is 437 Å². The predicted octanol–water partition coefficient (Wildman–Crippen LogP) is 11.9. The van der Waals surface area contributed by atoms with E-state index in [-0.39, 0.29) is 20.1 Å². The Morgan fingerprint density at radius 2 is 0.575 bits per heavy atom. The topological polar surface area (TPSA) is 13.0 Å². The molecule has 4 aromatic heterocycles. The number of nitrogens with zero attached hydrogens (tertiary/aromatic N) is 4. The van der Waals surface area contributed by atoms with Gasteiger partial charge < -0.3 is 19.6 Å². The zero-order chi connectivity index (χ0) is 46.9. The number of para-hydroxylation sites is 2. The molecule has 0 N–H and O–H groups in total. The van der Waals surface area contributed by atoms with Gasteiger partial charge in [-0.1, -0.05) is 127 Å². The molecular formula is C62H33B3N4S4. The fourth-order valence-electron chi connectivity index (χ4n) is 14.2. The Balaban J connectivity index is 1.01. The predicted molar refractivity (Wildman–Crippen MR) is 321 cm³/mol. The lowest BCUT2D eigenvalue weighted by atomic mass is 9.29. The zero-order valence-electron chi connectivity index (χ0n) is 38.7. The number of thiophene rings is 4. The van der Waals surface area contributed by atoms with Crippen molar-refractivity contribution in [3.05, 3.63) is 200 Å². The number of hydrogen-bond donors (Lipinski definition) is 0. The molecule has 11 heteroatoms. The van der Waals surface area contributed by atoms with Crippen LogP contribution in [0.25, 0.3) is 40.3 Å². The molecule has 13 aromatic rings. The first-order chi connectivity index (χ1) is 36.3. The largest absolute Gasteiger partial charge is 0.311 e. The van der Waals surface area contributed by atoms with Gasteiger partial charge in [0.15, 0.2) is 0 Å². The molecule has 9 aromatic carbocycles. The van der Waals surface area contributed by atoms with E-state index >= 15 is 0 Å². The third kappa shape index (κ3) is 4.61. The molecule has 19 rings (SSSR count). The van der Waals surface area contributed by atoms with Crippen LogP contribution in [0, 0.1) is 0 Å². The molecule has 0 saturated carbocycles. The quantitative estimate of drug-likeness (QED) is 0.160. The highest BCUT2D eigenvalue weighted by molar-refractivity contribution is 7.41. The van der Waals surface area contributed by atoms with Gasteiger partial charge in [-0.25, -0.2) is 0 Å². The van der Waals surface area contributed by atoms with Crippen LogP contribution < -0.4 is 66.0 Å². The lowest BCUT2D eigenvalue weighted by Gasteiger charge is -2.51. The number of rotatable bonds is 2. The van der Waals surface area contributed by atoms with E-state index in [1.54, 1.807) is 0 Å². The average molecular weight is 995 g/mol. The highest BCUT2D eigenvalue weighted by Crippen LogP contribution is 2.55. The van der Waals surface area contributed by atoms with Gasteiger partial charge in [-0.05, 0) is 100 Å². The first kappa shape index (κ1) is 38.8. The molecule has 0 fully saturated rings. The van der Waals surface area contributed by atoms with Gasteiger partial charge in [-0.2, -0.15) is 0 Å². The summed E-state index contributed by atoms with van der Waals surface area (Å²) in [5.41, 5.74) is 22.6. The van der Waals surface area contributed by atoms with Crippen molar-refractivity contribution in [2.75, 3.05) is 19.6 Å². The van der Waals surface area contributed by atoms with Crippen LogP contribution >= 0.6 is 45.3 Å². The van der Waals surface area contributed by atoms with E-state index in [9.17, 15) is 0 Å². The van der Waals surface area contributed by atoms with E-state index < -0.39 is 0 Å². The molecule has 0 saturated heterocycles. The fourth-order valence-corrected chi connectivity index (χ4v) is 19.5. The summed E-state index contributed by atoms with van der Waals surface area (Å²) in [7, 11) is 0. The van der Waals surface area contributed by atoms with Crippen LogP contribution in [0.15, 0.2) is 200 Å². The summed E-state index contributed by atoms with van der Waals surface area (Å²) < 4.78 is 11.0. The summed E-state index contributed by atoms with van der Waals surface area (Å²) in [5, 5.41) is 5.28. The second kappa shape index (κ2) is 13.6. The lowest BCUT2D eigenvalue weighted by molar-refractivity contribution is 1.26. The Hall–Kier alpha value is -7.79. The maximum atomic E-state index is 2.76. The monoisotopic (exact) mass is 994 g/mol. The van der Waals surface area contributed by atoms with E-state index in [1.165, 1.54) is 155 Å². The third-order valence-electron chi connectivity index (χ3n) is 16.7. The Morgan fingerprint density at radius 3 is 0.959 bits per heavy atom. The van der Waals surface area contributed by atoms with Gasteiger partial charge in [0.05, 0.1) is 22.7 Å². The van der Waals surface area contributed by atoms with E-state index in [0.29, 0.717) is 0 Å². The molecule has 0 unspecified atom stereocenters. The molecule has 0 amide bonds. The van der Waals surface area contributed by atoms with Crippen molar-refractivity contribution in [3.8, 4) is 0 Å². The van der Waals surface area contributed by atoms with Crippen molar-refractivity contribution >= 4 is 220 Å². The minimum atomic E-state index is -0.00126. The third-order valence-corrected chi connectivity index (χ3v) is 21.6. The van der Waals surface area contributed by atoms with Crippen LogP contribution in [0.4, 0.5) is 68.2 Å². The maximum absolute atomic E-state index is 2.76. The molecule has 0 radical (unpaired) electrons. The summed E-state index contributed by atoms with van der Waals surface area (Å²) in [6.07, 6.45) is 0. The van der Waals surface area contributed by atoms with E-state index in [1.807, 2.05) is 45.3 Å². The first-order valence-corrected chi connectivity index (χ1v) is 28.4. The molecule has 73 heavy (non-hydrogen) atoms. The molecule has 4 nitrogen and oxygen atoms in total. The SMILES string of the molecule is c1ccc(N2c3cccc4c3B(c3cc5c6c7c3N4c3c(sc4ccccc34)B7c3sc4ccccc4c3N6c3cccc4c3B5c3sc5ccccc5c3N4c3ccccc3)c3sc4ccccc4c32)cc1.